The highest BCUT2D eigenvalue weighted by molar-refractivity contribution is 6.07. The average molecular weight is 629 g/mol. The second-order valence-corrected chi connectivity index (χ2v) is 12.7. The summed E-state index contributed by atoms with van der Waals surface area (Å²) >= 11 is 0. The van der Waals surface area contributed by atoms with Crippen LogP contribution in [0.5, 0.6) is 0 Å². The molecule has 3 N–H and O–H groups in total. The van der Waals surface area contributed by atoms with Crippen LogP contribution in [0.4, 0.5) is 21.1 Å². The highest BCUT2D eigenvalue weighted by Gasteiger charge is 2.24. The molecular weight excluding hydrogens is 588 g/mol. The highest BCUT2D eigenvalue weighted by atomic mass is 16.6. The molecule has 0 unspecified atom stereocenters. The number of carbonyl (C=O) groups excluding carboxylic acids is 4. The molecular formula is C34H40N6O6. The van der Waals surface area contributed by atoms with Crippen molar-refractivity contribution in [2.24, 2.45) is 0 Å². The van der Waals surface area contributed by atoms with Crippen LogP contribution in [0.15, 0.2) is 66.7 Å². The van der Waals surface area contributed by atoms with Crippen molar-refractivity contribution >= 4 is 41.1 Å². The molecule has 4 amide bonds. The summed E-state index contributed by atoms with van der Waals surface area (Å²) in [7, 11) is 0. The number of rotatable bonds is 7. The zero-order valence-corrected chi connectivity index (χ0v) is 27.0. The number of nitrogens with zero attached hydrogens (tertiary/aromatic N) is 3. The maximum Gasteiger partial charge on any atom is 0.410 e. The smallest absolute Gasteiger partial charge is 0.410 e. The number of carbonyl (C=O) groups is 4. The number of benzene rings is 2. The Kier molecular flexibility index (Phi) is 10.4. The molecule has 0 radical (unpaired) electrons. The molecule has 46 heavy (non-hydrogen) atoms. The second kappa shape index (κ2) is 14.2. The largest absolute Gasteiger partial charge is 0.444 e. The number of nitrogens with one attached hydrogen (secondary N) is 3. The molecule has 1 aromatic heterocycles. The first-order chi connectivity index (χ1) is 21.6. The van der Waals surface area contributed by atoms with Crippen molar-refractivity contribution in [3.05, 3.63) is 89.1 Å². The Bertz CT molecular complexity index is 1590. The van der Waals surface area contributed by atoms with Crippen LogP contribution < -0.4 is 16.0 Å². The van der Waals surface area contributed by atoms with Crippen molar-refractivity contribution in [2.45, 2.75) is 65.7 Å². The van der Waals surface area contributed by atoms with Crippen LogP contribution in [0.3, 0.4) is 0 Å². The van der Waals surface area contributed by atoms with Gasteiger partial charge in [-0.3, -0.25) is 9.59 Å². The summed E-state index contributed by atoms with van der Waals surface area (Å²) < 4.78 is 10.7. The molecule has 2 heterocycles. The van der Waals surface area contributed by atoms with Gasteiger partial charge < -0.3 is 30.3 Å². The van der Waals surface area contributed by atoms with E-state index in [1.807, 2.05) is 26.8 Å². The molecule has 0 aliphatic carbocycles. The molecule has 0 spiro atoms. The van der Waals surface area contributed by atoms with Gasteiger partial charge in [-0.1, -0.05) is 18.2 Å². The highest BCUT2D eigenvalue weighted by Crippen LogP contribution is 2.22. The van der Waals surface area contributed by atoms with Crippen LogP contribution in [-0.2, 0) is 16.0 Å². The third-order valence-corrected chi connectivity index (χ3v) is 6.55. The van der Waals surface area contributed by atoms with Crippen LogP contribution in [0.1, 0.15) is 79.9 Å². The minimum absolute atomic E-state index is 0.284. The van der Waals surface area contributed by atoms with Crippen LogP contribution in [-0.4, -0.2) is 63.4 Å². The van der Waals surface area contributed by atoms with E-state index in [0.29, 0.717) is 42.0 Å². The van der Waals surface area contributed by atoms with Crippen molar-refractivity contribution in [1.82, 2.24) is 20.4 Å². The van der Waals surface area contributed by atoms with E-state index < -0.39 is 23.2 Å². The Labute approximate surface area is 268 Å². The lowest BCUT2D eigenvalue weighted by Gasteiger charge is -2.29. The molecule has 0 saturated heterocycles. The summed E-state index contributed by atoms with van der Waals surface area (Å²) in [6, 6.07) is 16.7. The van der Waals surface area contributed by atoms with Crippen molar-refractivity contribution in [2.75, 3.05) is 23.7 Å². The van der Waals surface area contributed by atoms with E-state index in [4.69, 9.17) is 9.47 Å². The van der Waals surface area contributed by atoms with Gasteiger partial charge in [-0.25, -0.2) is 9.59 Å². The number of hydrogen-bond donors (Lipinski definition) is 3. The van der Waals surface area contributed by atoms with E-state index in [0.717, 1.165) is 11.1 Å². The Balaban J connectivity index is 1.26. The minimum Gasteiger partial charge on any atom is -0.444 e. The number of hydrogen-bond acceptors (Lipinski definition) is 8. The SMILES string of the molecule is CC(C)(C)OC(=O)NCc1ccc(NC(=O)c2ccc(C(=O)Nc3ccc(C4=CCN(C(=O)OC(C)(C)C)CC4)nn3)cc2)cc1. The van der Waals surface area contributed by atoms with Crippen molar-refractivity contribution in [1.29, 1.82) is 0 Å². The van der Waals surface area contributed by atoms with Gasteiger partial charge in [-0.2, -0.15) is 0 Å². The van der Waals surface area contributed by atoms with E-state index >= 15 is 0 Å². The van der Waals surface area contributed by atoms with Crippen LogP contribution in [0.25, 0.3) is 5.57 Å². The molecule has 0 saturated carbocycles. The van der Waals surface area contributed by atoms with Crippen LogP contribution in [0.2, 0.25) is 0 Å². The minimum atomic E-state index is -0.577. The third kappa shape index (κ3) is 10.1. The van der Waals surface area contributed by atoms with E-state index in [1.165, 1.54) is 0 Å². The Morgan fingerprint density at radius 1 is 0.761 bits per heavy atom. The fourth-order valence-corrected chi connectivity index (χ4v) is 4.32. The lowest BCUT2D eigenvalue weighted by Crippen LogP contribution is -2.39. The summed E-state index contributed by atoms with van der Waals surface area (Å²) in [5.74, 6) is -0.444. The second-order valence-electron chi connectivity index (χ2n) is 12.7. The maximum atomic E-state index is 12.8. The first-order valence-corrected chi connectivity index (χ1v) is 14.9. The summed E-state index contributed by atoms with van der Waals surface area (Å²) in [4.78, 5) is 51.3. The molecule has 4 rings (SSSR count). The molecule has 0 bridgehead atoms. The topological polar surface area (TPSA) is 152 Å². The van der Waals surface area contributed by atoms with Crippen LogP contribution in [0, 0.1) is 0 Å². The summed E-state index contributed by atoms with van der Waals surface area (Å²) in [6.45, 7) is 12.1. The van der Waals surface area contributed by atoms with Gasteiger partial charge in [0.1, 0.15) is 11.2 Å². The predicted octanol–water partition coefficient (Wildman–Crippen LogP) is 6.03. The Hall–Kier alpha value is -5.26. The summed E-state index contributed by atoms with van der Waals surface area (Å²) in [5.41, 5.74) is 2.66. The van der Waals surface area contributed by atoms with Gasteiger partial charge in [0, 0.05) is 36.4 Å². The maximum absolute atomic E-state index is 12.8. The number of ether oxygens (including phenoxy) is 2. The molecule has 3 aromatic rings. The number of anilines is 2. The number of alkyl carbamates (subject to hydrolysis) is 1. The third-order valence-electron chi connectivity index (χ3n) is 6.55. The zero-order valence-electron chi connectivity index (χ0n) is 27.0. The molecule has 0 fully saturated rings. The van der Waals surface area contributed by atoms with E-state index in [-0.39, 0.29) is 24.4 Å². The zero-order chi connectivity index (χ0) is 33.5. The van der Waals surface area contributed by atoms with Gasteiger partial charge >= 0.3 is 12.2 Å². The van der Waals surface area contributed by atoms with Gasteiger partial charge in [-0.05, 0) is 108 Å². The van der Waals surface area contributed by atoms with E-state index in [2.05, 4.69) is 26.1 Å². The normalized spacial score (nSPS) is 13.3. The molecule has 1 aliphatic heterocycles. The fourth-order valence-electron chi connectivity index (χ4n) is 4.32. The Morgan fingerprint density at radius 2 is 1.37 bits per heavy atom. The molecule has 1 aliphatic rings. The molecule has 242 valence electrons. The van der Waals surface area contributed by atoms with Gasteiger partial charge in [0.15, 0.2) is 5.82 Å². The quantitative estimate of drug-likeness (QED) is 0.287. The summed E-state index contributed by atoms with van der Waals surface area (Å²) in [6.07, 6.45) is 1.68. The fraction of sp³-hybridized carbons (Fsp3) is 0.353. The first kappa shape index (κ1) is 33.6. The molecule has 0 atom stereocenters. The van der Waals surface area contributed by atoms with E-state index in [1.54, 1.807) is 86.3 Å². The number of amides is 4. The lowest BCUT2D eigenvalue weighted by atomic mass is 10.0. The lowest BCUT2D eigenvalue weighted by molar-refractivity contribution is 0.0270. The average Bonchev–Trinajstić information content (AvgIpc) is 2.99. The molecule has 12 heteroatoms. The van der Waals surface area contributed by atoms with Crippen molar-refractivity contribution in [3.63, 3.8) is 0 Å². The van der Waals surface area contributed by atoms with Gasteiger partial charge in [0.25, 0.3) is 11.8 Å². The number of aromatic nitrogens is 2. The Morgan fingerprint density at radius 3 is 1.89 bits per heavy atom. The summed E-state index contributed by atoms with van der Waals surface area (Å²) in [5, 5.41) is 16.6. The van der Waals surface area contributed by atoms with Crippen molar-refractivity contribution in [3.8, 4) is 0 Å². The van der Waals surface area contributed by atoms with Crippen LogP contribution >= 0.6 is 0 Å². The first-order valence-electron chi connectivity index (χ1n) is 14.9. The monoisotopic (exact) mass is 628 g/mol. The van der Waals surface area contributed by atoms with Crippen molar-refractivity contribution < 1.29 is 28.7 Å². The van der Waals surface area contributed by atoms with Gasteiger partial charge in [0.05, 0.1) is 5.69 Å². The predicted molar refractivity (Wildman–Crippen MR) is 174 cm³/mol. The van der Waals surface area contributed by atoms with Gasteiger partial charge in [-0.15, -0.1) is 10.2 Å². The van der Waals surface area contributed by atoms with E-state index in [9.17, 15) is 19.2 Å². The standard InChI is InChI=1S/C34H40N6O6/c1-33(2,3)45-31(43)35-21-22-7-13-26(14-8-22)36-29(41)24-9-11-25(12-10-24)30(42)37-28-16-15-27(38-39-28)23-17-19-40(20-18-23)32(44)46-34(4,5)6/h7-17H,18-21H2,1-6H3,(H,35,43)(H,36,41)(H,37,39,42). The molecule has 2 aromatic carbocycles. The molecule has 12 nitrogen and oxygen atoms in total. The van der Waals surface area contributed by atoms with Gasteiger partial charge in [0.2, 0.25) is 0 Å².